The van der Waals surface area contributed by atoms with E-state index in [1.165, 1.54) is 11.1 Å². The van der Waals surface area contributed by atoms with Gasteiger partial charge in [-0.1, -0.05) is 74.0 Å². The van der Waals surface area contributed by atoms with Gasteiger partial charge in [0.25, 0.3) is 0 Å². The lowest BCUT2D eigenvalue weighted by Gasteiger charge is -2.21. The maximum absolute atomic E-state index is 12.8. The van der Waals surface area contributed by atoms with Gasteiger partial charge in [-0.3, -0.25) is 9.59 Å². The smallest absolute Gasteiger partial charge is 0.242 e. The molecule has 0 saturated heterocycles. The molecular weight excluding hydrogens is 386 g/mol. The fourth-order valence-corrected chi connectivity index (χ4v) is 3.82. The molecule has 0 saturated carbocycles. The summed E-state index contributed by atoms with van der Waals surface area (Å²) in [6, 6.07) is 20.3. The van der Waals surface area contributed by atoms with Gasteiger partial charge in [-0.25, -0.2) is 0 Å². The lowest BCUT2D eigenvalue weighted by Crippen LogP contribution is -2.50. The third kappa shape index (κ3) is 8.93. The van der Waals surface area contributed by atoms with Gasteiger partial charge in [0.15, 0.2) is 0 Å². The Morgan fingerprint density at radius 2 is 1.48 bits per heavy atom. The van der Waals surface area contributed by atoms with Crippen molar-refractivity contribution in [2.24, 2.45) is 0 Å². The average Bonchev–Trinajstić information content (AvgIpc) is 2.80. The molecule has 0 radical (unpaired) electrons. The minimum Gasteiger partial charge on any atom is -0.358 e. The van der Waals surface area contributed by atoms with Gasteiger partial charge in [-0.2, -0.15) is 0 Å². The first-order valence-electron chi connectivity index (χ1n) is 11.6. The Balaban J connectivity index is 1.90. The highest BCUT2D eigenvalue weighted by Crippen LogP contribution is 2.27. The number of carbonyl (C=O) groups is 2. The first-order chi connectivity index (χ1) is 15.2. The first kappa shape index (κ1) is 24.6. The highest BCUT2D eigenvalue weighted by molar-refractivity contribution is 5.87. The zero-order valence-electron chi connectivity index (χ0n) is 18.8. The molecule has 2 aromatic rings. The van der Waals surface area contributed by atoms with Crippen molar-refractivity contribution >= 4 is 11.8 Å². The van der Waals surface area contributed by atoms with E-state index in [-0.39, 0.29) is 17.7 Å². The molecule has 0 unspecified atom stereocenters. The van der Waals surface area contributed by atoms with Crippen LogP contribution in [0.25, 0.3) is 0 Å². The highest BCUT2D eigenvalue weighted by atomic mass is 16.2. The Bertz CT molecular complexity index is 725. The van der Waals surface area contributed by atoms with Crippen molar-refractivity contribution < 1.29 is 15.3 Å². The summed E-state index contributed by atoms with van der Waals surface area (Å²) < 4.78 is 0. The second kappa shape index (κ2) is 14.4. The third-order valence-corrected chi connectivity index (χ3v) is 5.52. The molecule has 5 heteroatoms. The molecule has 5 N–H and O–H groups in total. The average molecular weight is 425 g/mol. The molecule has 0 heterocycles. The molecule has 31 heavy (non-hydrogen) atoms. The molecule has 2 rings (SSSR count). The highest BCUT2D eigenvalue weighted by Gasteiger charge is 2.20. The van der Waals surface area contributed by atoms with Gasteiger partial charge in [0.1, 0.15) is 6.04 Å². The Kier molecular flexibility index (Phi) is 11.4. The van der Waals surface area contributed by atoms with E-state index in [2.05, 4.69) is 40.6 Å². The summed E-state index contributed by atoms with van der Waals surface area (Å²) in [7, 11) is 0. The van der Waals surface area contributed by atoms with Gasteiger partial charge in [-0.05, 0) is 43.2 Å². The molecule has 1 atom stereocenters. The fourth-order valence-electron chi connectivity index (χ4n) is 3.82. The standard InChI is InChI=1S/C26H37N3O2/c1-2-12-24(29-25(30)17-10-5-11-19-27)26(31)28-20-18-23(21-13-6-3-7-14-21)22-15-8-4-9-16-22/h3-4,6-9,13-16,23-24H,2,5,10-12,17-20,27H2,1H3,(H,28,31)(H,29,30)/p+1/t24-/m0/s1. The molecule has 2 amide bonds. The van der Waals surface area contributed by atoms with Crippen LogP contribution in [0.1, 0.15) is 68.9 Å². The fraction of sp³-hybridized carbons (Fsp3) is 0.462. The Labute approximate surface area is 186 Å². The number of amides is 2. The molecule has 0 fully saturated rings. The van der Waals surface area contributed by atoms with E-state index in [1.807, 2.05) is 43.3 Å². The number of hydrogen-bond donors (Lipinski definition) is 3. The van der Waals surface area contributed by atoms with E-state index in [0.717, 1.165) is 38.6 Å². The van der Waals surface area contributed by atoms with Crippen molar-refractivity contribution in [2.75, 3.05) is 13.1 Å². The van der Waals surface area contributed by atoms with Crippen LogP contribution < -0.4 is 16.4 Å². The van der Waals surface area contributed by atoms with Crippen LogP contribution in [0.4, 0.5) is 0 Å². The van der Waals surface area contributed by atoms with Crippen molar-refractivity contribution in [3.63, 3.8) is 0 Å². The number of quaternary nitrogens is 1. The summed E-state index contributed by atoms with van der Waals surface area (Å²) in [6.45, 7) is 3.49. The van der Waals surface area contributed by atoms with Gasteiger partial charge in [0.2, 0.25) is 11.8 Å². The monoisotopic (exact) mass is 424 g/mol. The number of unbranched alkanes of at least 4 members (excludes halogenated alkanes) is 2. The lowest BCUT2D eigenvalue weighted by atomic mass is 9.88. The summed E-state index contributed by atoms with van der Waals surface area (Å²) in [5, 5.41) is 5.99. The second-order valence-corrected chi connectivity index (χ2v) is 8.03. The van der Waals surface area contributed by atoms with Crippen LogP contribution in [0, 0.1) is 0 Å². The van der Waals surface area contributed by atoms with Crippen LogP contribution in [0.15, 0.2) is 60.7 Å². The minimum absolute atomic E-state index is 0.0379. The molecule has 168 valence electrons. The van der Waals surface area contributed by atoms with Crippen molar-refractivity contribution in [3.8, 4) is 0 Å². The Hall–Kier alpha value is -2.66. The predicted molar refractivity (Wildman–Crippen MR) is 125 cm³/mol. The number of nitrogens with one attached hydrogen (secondary N) is 2. The maximum Gasteiger partial charge on any atom is 0.242 e. The number of benzene rings is 2. The van der Waals surface area contributed by atoms with Gasteiger partial charge < -0.3 is 16.4 Å². The van der Waals surface area contributed by atoms with Crippen molar-refractivity contribution in [1.29, 1.82) is 0 Å². The van der Waals surface area contributed by atoms with E-state index >= 15 is 0 Å². The van der Waals surface area contributed by atoms with E-state index in [9.17, 15) is 9.59 Å². The van der Waals surface area contributed by atoms with E-state index in [1.54, 1.807) is 0 Å². The van der Waals surface area contributed by atoms with Crippen LogP contribution in [-0.2, 0) is 9.59 Å². The van der Waals surface area contributed by atoms with Crippen LogP contribution in [-0.4, -0.2) is 30.9 Å². The molecular formula is C26H38N3O2+. The molecule has 0 spiro atoms. The Morgan fingerprint density at radius 3 is 2.03 bits per heavy atom. The minimum atomic E-state index is -0.461. The molecule has 0 aromatic heterocycles. The molecule has 0 aliphatic carbocycles. The van der Waals surface area contributed by atoms with Crippen LogP contribution in [0.2, 0.25) is 0 Å². The van der Waals surface area contributed by atoms with Crippen molar-refractivity contribution in [2.45, 2.75) is 63.8 Å². The summed E-state index contributed by atoms with van der Waals surface area (Å²) in [5.41, 5.74) is 6.30. The zero-order chi connectivity index (χ0) is 22.3. The summed E-state index contributed by atoms with van der Waals surface area (Å²) in [4.78, 5) is 25.0. The van der Waals surface area contributed by atoms with Crippen LogP contribution in [0.3, 0.4) is 0 Å². The molecule has 0 aliphatic rings. The van der Waals surface area contributed by atoms with Crippen LogP contribution >= 0.6 is 0 Å². The van der Waals surface area contributed by atoms with E-state index in [4.69, 9.17) is 0 Å². The molecule has 0 bridgehead atoms. The number of carbonyl (C=O) groups excluding carboxylic acids is 2. The second-order valence-electron chi connectivity index (χ2n) is 8.03. The lowest BCUT2D eigenvalue weighted by molar-refractivity contribution is -0.368. The van der Waals surface area contributed by atoms with Gasteiger partial charge in [0.05, 0.1) is 6.54 Å². The largest absolute Gasteiger partial charge is 0.358 e. The van der Waals surface area contributed by atoms with Crippen molar-refractivity contribution in [3.05, 3.63) is 71.8 Å². The summed E-state index contributed by atoms with van der Waals surface area (Å²) in [5.74, 6) is 0.0897. The Morgan fingerprint density at radius 1 is 0.871 bits per heavy atom. The molecule has 0 aliphatic heterocycles. The third-order valence-electron chi connectivity index (χ3n) is 5.52. The topological polar surface area (TPSA) is 85.8 Å². The molecule has 5 nitrogen and oxygen atoms in total. The van der Waals surface area contributed by atoms with Crippen LogP contribution in [0.5, 0.6) is 0 Å². The van der Waals surface area contributed by atoms with Gasteiger partial charge >= 0.3 is 0 Å². The zero-order valence-corrected chi connectivity index (χ0v) is 18.8. The van der Waals surface area contributed by atoms with Gasteiger partial charge in [-0.15, -0.1) is 0 Å². The SMILES string of the molecule is CCC[C@H](NC(=O)CCCCC[NH3+])C(=O)NCCC(c1ccccc1)c1ccccc1. The van der Waals surface area contributed by atoms with Gasteiger partial charge in [0, 0.05) is 18.9 Å². The quantitative estimate of drug-likeness (QED) is 0.406. The number of rotatable bonds is 14. The molecule has 2 aromatic carbocycles. The normalized spacial score (nSPS) is 11.8. The predicted octanol–water partition coefficient (Wildman–Crippen LogP) is 3.41. The number of hydrogen-bond acceptors (Lipinski definition) is 2. The summed E-state index contributed by atoms with van der Waals surface area (Å²) >= 11 is 0. The van der Waals surface area contributed by atoms with E-state index < -0.39 is 6.04 Å². The summed E-state index contributed by atoms with van der Waals surface area (Å²) in [6.07, 6.45) is 5.65. The van der Waals surface area contributed by atoms with E-state index in [0.29, 0.717) is 19.4 Å². The first-order valence-corrected chi connectivity index (χ1v) is 11.6. The van der Waals surface area contributed by atoms with Crippen molar-refractivity contribution in [1.82, 2.24) is 10.6 Å². The maximum atomic E-state index is 12.8.